The smallest absolute Gasteiger partial charge is 0.282 e. The number of hydrogen-bond donors (Lipinski definition) is 1. The number of piperidine rings is 1. The maximum atomic E-state index is 12.5. The van der Waals surface area contributed by atoms with E-state index in [1.807, 2.05) is 32.0 Å². The number of ketones is 1. The van der Waals surface area contributed by atoms with Gasteiger partial charge in [-0.05, 0) is 57.4 Å². The van der Waals surface area contributed by atoms with Gasteiger partial charge in [-0.1, -0.05) is 29.5 Å². The molecule has 184 valence electrons. The van der Waals surface area contributed by atoms with E-state index in [2.05, 4.69) is 10.2 Å². The van der Waals surface area contributed by atoms with E-state index < -0.39 is 10.8 Å². The van der Waals surface area contributed by atoms with Crippen molar-refractivity contribution in [2.24, 2.45) is 0 Å². The molecule has 9 heteroatoms. The van der Waals surface area contributed by atoms with Gasteiger partial charge in [0.2, 0.25) is 5.78 Å². The molecule has 2 aliphatic heterocycles. The highest BCUT2D eigenvalue weighted by Crippen LogP contribution is 2.42. The number of nitrogens with zero attached hydrogens (tertiary/aromatic N) is 2. The van der Waals surface area contributed by atoms with Gasteiger partial charge in [0.1, 0.15) is 11.3 Å². The van der Waals surface area contributed by atoms with Crippen LogP contribution in [0, 0.1) is 10.1 Å². The number of allylic oxidation sites excluding steroid dienone is 2. The second-order valence-electron chi connectivity index (χ2n) is 8.98. The molecule has 0 atom stereocenters. The quantitative estimate of drug-likeness (QED) is 0.242. The number of amides is 1. The van der Waals surface area contributed by atoms with E-state index in [0.29, 0.717) is 6.61 Å². The van der Waals surface area contributed by atoms with Crippen LogP contribution in [0.1, 0.15) is 53.8 Å². The third-order valence-corrected chi connectivity index (χ3v) is 7.58. The maximum Gasteiger partial charge on any atom is 0.282 e. The lowest BCUT2D eigenvalue weighted by atomic mass is 10.0. The minimum Gasteiger partial charge on any atom is -0.494 e. The minimum atomic E-state index is -0.527. The van der Waals surface area contributed by atoms with Crippen molar-refractivity contribution < 1.29 is 19.2 Å². The molecule has 2 aliphatic rings. The van der Waals surface area contributed by atoms with Crippen LogP contribution in [0.4, 0.5) is 5.69 Å². The summed E-state index contributed by atoms with van der Waals surface area (Å²) in [7, 11) is 0. The molecule has 8 nitrogen and oxygen atoms in total. The van der Waals surface area contributed by atoms with E-state index in [4.69, 9.17) is 4.74 Å². The predicted octanol–water partition coefficient (Wildman–Crippen LogP) is 4.84. The van der Waals surface area contributed by atoms with Crippen molar-refractivity contribution in [3.63, 3.8) is 0 Å². The first-order valence-electron chi connectivity index (χ1n) is 11.8. The van der Waals surface area contributed by atoms with Crippen LogP contribution in [0.5, 0.6) is 5.75 Å². The lowest BCUT2D eigenvalue weighted by Crippen LogP contribution is -2.45. The van der Waals surface area contributed by atoms with Crippen LogP contribution in [0.15, 0.2) is 57.8 Å². The fraction of sp³-hybridized carbons (Fsp3) is 0.385. The molecular weight excluding hydrogens is 466 g/mol. The van der Waals surface area contributed by atoms with E-state index in [0.717, 1.165) is 65.6 Å². The number of nitrogens with one attached hydrogen (secondary N) is 1. The molecule has 0 unspecified atom stereocenters. The van der Waals surface area contributed by atoms with E-state index >= 15 is 0 Å². The normalized spacial score (nSPS) is 16.2. The molecule has 2 heterocycles. The summed E-state index contributed by atoms with van der Waals surface area (Å²) in [6.45, 7) is 7.09. The van der Waals surface area contributed by atoms with E-state index in [1.54, 1.807) is 12.1 Å². The molecule has 0 radical (unpaired) electrons. The second kappa shape index (κ2) is 11.0. The Morgan fingerprint density at radius 1 is 1.20 bits per heavy atom. The zero-order valence-corrected chi connectivity index (χ0v) is 20.7. The molecule has 0 saturated carbocycles. The number of benzene rings is 2. The van der Waals surface area contributed by atoms with Gasteiger partial charge in [0.05, 0.1) is 16.4 Å². The predicted molar refractivity (Wildman–Crippen MR) is 135 cm³/mol. The van der Waals surface area contributed by atoms with Crippen LogP contribution in [0.2, 0.25) is 0 Å². The van der Waals surface area contributed by atoms with Gasteiger partial charge in [-0.3, -0.25) is 19.7 Å². The van der Waals surface area contributed by atoms with Crippen LogP contribution < -0.4 is 10.1 Å². The Hall–Kier alpha value is -3.17. The zero-order chi connectivity index (χ0) is 24.9. The first kappa shape index (κ1) is 24.9. The largest absolute Gasteiger partial charge is 0.494 e. The van der Waals surface area contributed by atoms with Crippen molar-refractivity contribution in [2.75, 3.05) is 26.2 Å². The van der Waals surface area contributed by atoms with Crippen molar-refractivity contribution in [2.45, 2.75) is 44.0 Å². The number of carbonyl (C=O) groups is 2. The average Bonchev–Trinajstić information content (AvgIpc) is 3.18. The van der Waals surface area contributed by atoms with Crippen LogP contribution in [-0.2, 0) is 0 Å². The molecule has 0 aliphatic carbocycles. The summed E-state index contributed by atoms with van der Waals surface area (Å²) in [5.41, 5.74) is 1.70. The molecule has 2 aromatic rings. The highest BCUT2D eigenvalue weighted by atomic mass is 32.2. The van der Waals surface area contributed by atoms with Crippen molar-refractivity contribution in [3.8, 4) is 5.75 Å². The maximum absolute atomic E-state index is 12.5. The summed E-state index contributed by atoms with van der Waals surface area (Å²) < 4.78 is 5.93. The number of hydrogen-bond acceptors (Lipinski definition) is 7. The third kappa shape index (κ3) is 5.91. The van der Waals surface area contributed by atoms with Crippen molar-refractivity contribution in [1.29, 1.82) is 0 Å². The fourth-order valence-electron chi connectivity index (χ4n) is 4.34. The molecule has 1 fully saturated rings. The summed E-state index contributed by atoms with van der Waals surface area (Å²) in [5, 5.41) is 14.1. The van der Waals surface area contributed by atoms with E-state index in [9.17, 15) is 19.7 Å². The monoisotopic (exact) mass is 495 g/mol. The Bertz CT molecular complexity index is 1170. The van der Waals surface area contributed by atoms with Gasteiger partial charge in [0.15, 0.2) is 0 Å². The fourth-order valence-corrected chi connectivity index (χ4v) is 5.41. The highest BCUT2D eigenvalue weighted by Gasteiger charge is 2.27. The molecule has 1 N–H and O–H groups in total. The van der Waals surface area contributed by atoms with Crippen molar-refractivity contribution >= 4 is 29.1 Å². The van der Waals surface area contributed by atoms with Gasteiger partial charge >= 0.3 is 0 Å². The summed E-state index contributed by atoms with van der Waals surface area (Å²) in [5.74, 6) is 0.476. The minimum absolute atomic E-state index is 0.00660. The van der Waals surface area contributed by atoms with Gasteiger partial charge < -0.3 is 15.0 Å². The Morgan fingerprint density at radius 2 is 1.94 bits per heavy atom. The Balaban J connectivity index is 1.18. The number of likely N-dealkylation sites (tertiary alicyclic amines) is 1. The van der Waals surface area contributed by atoms with Crippen molar-refractivity contribution in [1.82, 2.24) is 10.2 Å². The van der Waals surface area contributed by atoms with Crippen LogP contribution in [-0.4, -0.2) is 53.8 Å². The number of thioether (sulfide) groups is 1. The first-order chi connectivity index (χ1) is 16.8. The summed E-state index contributed by atoms with van der Waals surface area (Å²) in [6, 6.07) is 11.7. The van der Waals surface area contributed by atoms with E-state index in [-0.39, 0.29) is 23.1 Å². The average molecular weight is 496 g/mol. The van der Waals surface area contributed by atoms with Crippen LogP contribution >= 0.6 is 11.8 Å². The Morgan fingerprint density at radius 3 is 2.66 bits per heavy atom. The standard InChI is InChI=1S/C26H29N3O5S/c1-17(2)25-24(30)21-9-8-19(16-23(21)35-25)34-15-5-12-28-13-10-18(11-14-28)27-26(31)20-6-3-4-7-22(20)29(32)33/h3-4,6-9,16,18H,5,10-15H2,1-2H3,(H,27,31). The number of fused-ring (bicyclic) bond motifs is 1. The molecule has 2 aromatic carbocycles. The number of ether oxygens (including phenoxy) is 1. The van der Waals surface area contributed by atoms with Crippen molar-refractivity contribution in [3.05, 3.63) is 74.2 Å². The summed E-state index contributed by atoms with van der Waals surface area (Å²) >= 11 is 1.51. The lowest BCUT2D eigenvalue weighted by Gasteiger charge is -2.32. The molecular formula is C26H29N3O5S. The van der Waals surface area contributed by atoms with Gasteiger partial charge in [-0.15, -0.1) is 0 Å². The second-order valence-corrected chi connectivity index (χ2v) is 10.0. The number of para-hydroxylation sites is 1. The number of nitro benzene ring substituents is 1. The van der Waals surface area contributed by atoms with Crippen LogP contribution in [0.25, 0.3) is 0 Å². The van der Waals surface area contributed by atoms with Gasteiger partial charge in [-0.25, -0.2) is 0 Å². The zero-order valence-electron chi connectivity index (χ0n) is 19.9. The van der Waals surface area contributed by atoms with Crippen LogP contribution in [0.3, 0.4) is 0 Å². The molecule has 0 aromatic heterocycles. The first-order valence-corrected chi connectivity index (χ1v) is 12.6. The molecule has 0 spiro atoms. The van der Waals surface area contributed by atoms with Gasteiger partial charge in [0, 0.05) is 42.2 Å². The molecule has 35 heavy (non-hydrogen) atoms. The Kier molecular flexibility index (Phi) is 7.87. The molecule has 4 rings (SSSR count). The SMILES string of the molecule is CC(C)=C1Sc2cc(OCCCN3CCC(NC(=O)c4ccccc4[N+](=O)[O-])CC3)ccc2C1=O. The number of Topliss-reactive ketones (excluding diaryl/α,β-unsaturated/α-hetero) is 1. The number of carbonyl (C=O) groups excluding carboxylic acids is 2. The molecule has 0 bridgehead atoms. The third-order valence-electron chi connectivity index (χ3n) is 6.23. The van der Waals surface area contributed by atoms with Gasteiger partial charge in [-0.2, -0.15) is 0 Å². The van der Waals surface area contributed by atoms with E-state index in [1.165, 1.54) is 23.9 Å². The van der Waals surface area contributed by atoms with Gasteiger partial charge in [0.25, 0.3) is 11.6 Å². The highest BCUT2D eigenvalue weighted by molar-refractivity contribution is 8.04. The molecule has 1 saturated heterocycles. The Labute approximate surface area is 208 Å². The summed E-state index contributed by atoms with van der Waals surface area (Å²) in [6.07, 6.45) is 2.47. The number of rotatable bonds is 8. The topological polar surface area (TPSA) is 102 Å². The lowest BCUT2D eigenvalue weighted by molar-refractivity contribution is -0.385. The summed E-state index contributed by atoms with van der Waals surface area (Å²) in [4.78, 5) is 39.7. The number of nitro groups is 1. The molecule has 1 amide bonds.